The van der Waals surface area contributed by atoms with Crippen molar-refractivity contribution in [2.45, 2.75) is 32.2 Å². The van der Waals surface area contributed by atoms with Crippen molar-refractivity contribution in [3.63, 3.8) is 0 Å². The zero-order valence-electron chi connectivity index (χ0n) is 19.8. The van der Waals surface area contributed by atoms with Crippen molar-refractivity contribution in [1.29, 1.82) is 0 Å². The number of nitrogens with zero attached hydrogens (tertiary/aromatic N) is 1. The quantitative estimate of drug-likeness (QED) is 0.324. The monoisotopic (exact) mass is 475 g/mol. The van der Waals surface area contributed by atoms with Crippen molar-refractivity contribution in [3.8, 4) is 17.2 Å². The number of fused-ring (bicyclic) bond motifs is 1. The van der Waals surface area contributed by atoms with Crippen molar-refractivity contribution in [2.75, 3.05) is 18.8 Å². The van der Waals surface area contributed by atoms with E-state index < -0.39 is 17.7 Å². The average Bonchev–Trinajstić information content (AvgIpc) is 3.57. The summed E-state index contributed by atoms with van der Waals surface area (Å²) in [6.45, 7) is 6.20. The Morgan fingerprint density at radius 3 is 2.51 bits per heavy atom. The minimum absolute atomic E-state index is 0.0725. The van der Waals surface area contributed by atoms with E-state index in [0.29, 0.717) is 34.3 Å². The highest BCUT2D eigenvalue weighted by atomic mass is 16.7. The van der Waals surface area contributed by atoms with Gasteiger partial charge in [0.25, 0.3) is 11.7 Å². The molecule has 1 unspecified atom stereocenters. The predicted molar refractivity (Wildman–Crippen MR) is 128 cm³/mol. The number of aliphatic hydroxyl groups is 1. The highest BCUT2D eigenvalue weighted by Gasteiger charge is 2.49. The van der Waals surface area contributed by atoms with Gasteiger partial charge in [-0.05, 0) is 47.4 Å². The number of carbonyl (C=O) groups excluding carboxylic acids is 2. The van der Waals surface area contributed by atoms with E-state index in [2.05, 4.69) is 0 Å². The number of ether oxygens (including phenoxy) is 3. The van der Waals surface area contributed by atoms with Crippen LogP contribution in [0.3, 0.4) is 0 Å². The largest absolute Gasteiger partial charge is 0.507 e. The maximum Gasteiger partial charge on any atom is 0.300 e. The molecule has 1 saturated heterocycles. The van der Waals surface area contributed by atoms with Gasteiger partial charge < -0.3 is 23.7 Å². The number of hydrogen-bond acceptors (Lipinski definition) is 7. The molecule has 0 spiro atoms. The highest BCUT2D eigenvalue weighted by molar-refractivity contribution is 6.51. The van der Waals surface area contributed by atoms with Crippen LogP contribution in [0.2, 0.25) is 0 Å². The molecule has 0 radical (unpaired) electrons. The Kier molecular flexibility index (Phi) is 5.31. The molecule has 1 N–H and O–H groups in total. The van der Waals surface area contributed by atoms with Crippen LogP contribution in [0.4, 0.5) is 5.69 Å². The summed E-state index contributed by atoms with van der Waals surface area (Å²) in [5.74, 6) is -0.249. The van der Waals surface area contributed by atoms with Gasteiger partial charge >= 0.3 is 0 Å². The van der Waals surface area contributed by atoms with Crippen LogP contribution in [0.25, 0.3) is 5.76 Å². The van der Waals surface area contributed by atoms with Crippen molar-refractivity contribution in [1.82, 2.24) is 0 Å². The number of Topliss-reactive ketones (excluding diaryl/α,β-unsaturated/α-hetero) is 1. The third-order valence-electron chi connectivity index (χ3n) is 6.21. The van der Waals surface area contributed by atoms with Crippen LogP contribution >= 0.6 is 0 Å². The summed E-state index contributed by atoms with van der Waals surface area (Å²) in [7, 11) is 1.48. The molecule has 1 fully saturated rings. The van der Waals surface area contributed by atoms with Crippen molar-refractivity contribution in [3.05, 3.63) is 77.3 Å². The number of ketones is 1. The molecule has 180 valence electrons. The van der Waals surface area contributed by atoms with E-state index in [4.69, 9.17) is 18.6 Å². The van der Waals surface area contributed by atoms with Gasteiger partial charge in [-0.2, -0.15) is 0 Å². The van der Waals surface area contributed by atoms with Crippen LogP contribution in [-0.4, -0.2) is 30.7 Å². The summed E-state index contributed by atoms with van der Waals surface area (Å²) in [6.07, 6.45) is 1.45. The number of carbonyl (C=O) groups is 2. The van der Waals surface area contributed by atoms with Crippen LogP contribution < -0.4 is 19.1 Å². The van der Waals surface area contributed by atoms with E-state index in [9.17, 15) is 14.7 Å². The molecule has 0 bridgehead atoms. The number of anilines is 1. The lowest BCUT2D eigenvalue weighted by atomic mass is 9.85. The van der Waals surface area contributed by atoms with Crippen molar-refractivity contribution >= 4 is 23.1 Å². The summed E-state index contributed by atoms with van der Waals surface area (Å²) in [5.41, 5.74) is 1.35. The van der Waals surface area contributed by atoms with Gasteiger partial charge in [0, 0.05) is 11.8 Å². The Morgan fingerprint density at radius 2 is 1.83 bits per heavy atom. The third-order valence-corrected chi connectivity index (χ3v) is 6.21. The molecule has 8 nitrogen and oxygen atoms in total. The van der Waals surface area contributed by atoms with Gasteiger partial charge in [0.05, 0.1) is 24.5 Å². The van der Waals surface area contributed by atoms with Crippen LogP contribution in [-0.2, 0) is 15.0 Å². The van der Waals surface area contributed by atoms with E-state index in [1.165, 1.54) is 18.3 Å². The van der Waals surface area contributed by atoms with Crippen molar-refractivity contribution < 1.29 is 33.3 Å². The zero-order chi connectivity index (χ0) is 24.9. The molecular formula is C27H25NO7. The molecule has 5 rings (SSSR count). The first-order chi connectivity index (χ1) is 16.7. The van der Waals surface area contributed by atoms with Crippen LogP contribution in [0.15, 0.2) is 64.8 Å². The second kappa shape index (κ2) is 8.23. The molecule has 2 aliphatic rings. The summed E-state index contributed by atoms with van der Waals surface area (Å²) in [4.78, 5) is 28.0. The number of furan rings is 1. The van der Waals surface area contributed by atoms with Crippen LogP contribution in [0.1, 0.15) is 43.7 Å². The SMILES string of the molecule is COc1ccc(C(C)(C)C)cc1/C(O)=C1\C(=O)C(=O)N(c2ccc3c(c2)OCO3)C1c1ccco1. The van der Waals surface area contributed by atoms with Crippen LogP contribution in [0.5, 0.6) is 17.2 Å². The Hall–Kier alpha value is -4.20. The highest BCUT2D eigenvalue weighted by Crippen LogP contribution is 2.46. The van der Waals surface area contributed by atoms with E-state index in [1.54, 1.807) is 42.5 Å². The molecule has 2 aromatic carbocycles. The Balaban J connectivity index is 1.71. The molecular weight excluding hydrogens is 450 g/mol. The fourth-order valence-electron chi connectivity index (χ4n) is 4.35. The van der Waals surface area contributed by atoms with Gasteiger partial charge in [0.1, 0.15) is 23.3 Å². The van der Waals surface area contributed by atoms with E-state index in [1.807, 2.05) is 26.8 Å². The second-order valence-corrected chi connectivity index (χ2v) is 9.39. The normalized spacial score (nSPS) is 18.9. The Labute approximate surface area is 202 Å². The molecule has 2 aliphatic heterocycles. The number of amides is 1. The molecule has 1 amide bonds. The van der Waals surface area contributed by atoms with Gasteiger partial charge in [-0.15, -0.1) is 0 Å². The number of rotatable bonds is 4. The van der Waals surface area contributed by atoms with E-state index in [-0.39, 0.29) is 23.5 Å². The summed E-state index contributed by atoms with van der Waals surface area (Å²) in [6, 6.07) is 12.7. The van der Waals surface area contributed by atoms with Crippen LogP contribution in [0, 0.1) is 0 Å². The fraction of sp³-hybridized carbons (Fsp3) is 0.259. The fourth-order valence-corrected chi connectivity index (χ4v) is 4.35. The molecule has 1 aromatic heterocycles. The van der Waals surface area contributed by atoms with Gasteiger partial charge in [0.15, 0.2) is 11.5 Å². The lowest BCUT2D eigenvalue weighted by molar-refractivity contribution is -0.132. The predicted octanol–water partition coefficient (Wildman–Crippen LogP) is 4.94. The van der Waals surface area contributed by atoms with Crippen molar-refractivity contribution in [2.24, 2.45) is 0 Å². The molecule has 3 heterocycles. The second-order valence-electron chi connectivity index (χ2n) is 9.39. The number of benzene rings is 2. The maximum absolute atomic E-state index is 13.4. The van der Waals surface area contributed by atoms with E-state index >= 15 is 0 Å². The molecule has 0 aliphatic carbocycles. The molecule has 8 heteroatoms. The number of hydrogen-bond donors (Lipinski definition) is 1. The van der Waals surface area contributed by atoms with E-state index in [0.717, 1.165) is 5.56 Å². The minimum Gasteiger partial charge on any atom is -0.507 e. The van der Waals surface area contributed by atoms with Gasteiger partial charge in [-0.25, -0.2) is 0 Å². The lowest BCUT2D eigenvalue weighted by Gasteiger charge is -2.24. The zero-order valence-corrected chi connectivity index (χ0v) is 19.8. The Morgan fingerprint density at radius 1 is 1.06 bits per heavy atom. The first-order valence-electron chi connectivity index (χ1n) is 11.1. The maximum atomic E-state index is 13.4. The first kappa shape index (κ1) is 22.6. The molecule has 35 heavy (non-hydrogen) atoms. The topological polar surface area (TPSA) is 98.4 Å². The summed E-state index contributed by atoms with van der Waals surface area (Å²) < 4.78 is 21.9. The molecule has 0 saturated carbocycles. The average molecular weight is 475 g/mol. The molecule has 3 aromatic rings. The summed E-state index contributed by atoms with van der Waals surface area (Å²) in [5, 5.41) is 11.5. The third kappa shape index (κ3) is 3.71. The minimum atomic E-state index is -0.992. The summed E-state index contributed by atoms with van der Waals surface area (Å²) >= 11 is 0. The lowest BCUT2D eigenvalue weighted by Crippen LogP contribution is -2.29. The number of aliphatic hydroxyl groups excluding tert-OH is 1. The smallest absolute Gasteiger partial charge is 0.300 e. The standard InChI is InChI=1S/C27H25NO7/c1-27(2,3)15-7-9-18(32-4)17(12-15)24(29)22-23(20-6-5-11-33-20)28(26(31)25(22)30)16-8-10-19-21(13-16)35-14-34-19/h5-13,23,29H,14H2,1-4H3/b24-22+. The van der Waals surface area contributed by atoms with Gasteiger partial charge in [-0.1, -0.05) is 26.8 Å². The van der Waals surface area contributed by atoms with Gasteiger partial charge in [0.2, 0.25) is 6.79 Å². The van der Waals surface area contributed by atoms with Gasteiger partial charge in [-0.3, -0.25) is 14.5 Å². The molecule has 1 atom stereocenters. The number of methoxy groups -OCH3 is 1. The Bertz CT molecular complexity index is 1350. The first-order valence-corrected chi connectivity index (χ1v) is 11.1.